The molecule has 0 amide bonds. The molecule has 0 aromatic heterocycles. The number of halogens is 1. The van der Waals surface area contributed by atoms with Crippen LogP contribution in [-0.2, 0) is 25.8 Å². The number of sulfone groups is 1. The molecule has 0 saturated carbocycles. The highest BCUT2D eigenvalue weighted by molar-refractivity contribution is 7.91. The summed E-state index contributed by atoms with van der Waals surface area (Å²) in [5.41, 5.74) is 2.04. The first-order valence-corrected chi connectivity index (χ1v) is 9.32. The van der Waals surface area contributed by atoms with Gasteiger partial charge in [0.15, 0.2) is 9.84 Å². The van der Waals surface area contributed by atoms with Gasteiger partial charge in [0.2, 0.25) is 0 Å². The Balaban J connectivity index is 1.61. The summed E-state index contributed by atoms with van der Waals surface area (Å²) in [7, 11) is -2.95. The SMILES string of the molecule is O=C(CC1CCS(=O)(=O)C1)OC1CCc2c(Cl)cccc21. The van der Waals surface area contributed by atoms with Crippen molar-refractivity contribution in [2.45, 2.75) is 31.8 Å². The van der Waals surface area contributed by atoms with Crippen LogP contribution in [0.15, 0.2) is 18.2 Å². The zero-order valence-electron chi connectivity index (χ0n) is 11.5. The Morgan fingerprint density at radius 3 is 2.86 bits per heavy atom. The number of carbonyl (C=O) groups excluding carboxylic acids is 1. The van der Waals surface area contributed by atoms with E-state index in [-0.39, 0.29) is 35.9 Å². The fourth-order valence-corrected chi connectivity index (χ4v) is 5.31. The van der Waals surface area contributed by atoms with E-state index in [2.05, 4.69) is 0 Å². The van der Waals surface area contributed by atoms with E-state index in [1.54, 1.807) is 0 Å². The van der Waals surface area contributed by atoms with Crippen molar-refractivity contribution in [2.75, 3.05) is 11.5 Å². The minimum absolute atomic E-state index is 0.0947. The Bertz CT molecular complexity index is 668. The van der Waals surface area contributed by atoms with E-state index in [0.717, 1.165) is 24.0 Å². The minimum atomic E-state index is -2.95. The standard InChI is InChI=1S/C15H17ClO4S/c16-13-3-1-2-12-11(13)4-5-14(12)20-15(17)8-10-6-7-21(18,19)9-10/h1-3,10,14H,4-9H2. The van der Waals surface area contributed by atoms with Crippen LogP contribution < -0.4 is 0 Å². The zero-order chi connectivity index (χ0) is 15.0. The van der Waals surface area contributed by atoms with Crippen LogP contribution >= 0.6 is 11.6 Å². The predicted octanol–water partition coefficient (Wildman–Crippen LogP) is 2.70. The van der Waals surface area contributed by atoms with Gasteiger partial charge in [0, 0.05) is 11.4 Å². The Hall–Kier alpha value is -1.07. The van der Waals surface area contributed by atoms with Gasteiger partial charge in [-0.3, -0.25) is 4.79 Å². The molecule has 1 saturated heterocycles. The second-order valence-corrected chi connectivity index (χ2v) is 8.43. The van der Waals surface area contributed by atoms with Crippen molar-refractivity contribution < 1.29 is 17.9 Å². The van der Waals surface area contributed by atoms with E-state index in [9.17, 15) is 13.2 Å². The second-order valence-electron chi connectivity index (χ2n) is 5.80. The van der Waals surface area contributed by atoms with E-state index >= 15 is 0 Å². The lowest BCUT2D eigenvalue weighted by Gasteiger charge is -2.15. The third kappa shape index (κ3) is 3.24. The van der Waals surface area contributed by atoms with Gasteiger partial charge in [0.1, 0.15) is 6.10 Å². The molecular formula is C15H17ClO4S. The summed E-state index contributed by atoms with van der Waals surface area (Å²) in [6, 6.07) is 5.64. The van der Waals surface area contributed by atoms with Gasteiger partial charge in [-0.15, -0.1) is 0 Å². The van der Waals surface area contributed by atoms with Crippen molar-refractivity contribution in [3.05, 3.63) is 34.3 Å². The van der Waals surface area contributed by atoms with Crippen LogP contribution in [0, 0.1) is 5.92 Å². The van der Waals surface area contributed by atoms with Crippen LogP contribution in [0.4, 0.5) is 0 Å². The van der Waals surface area contributed by atoms with Crippen LogP contribution in [-0.4, -0.2) is 25.9 Å². The topological polar surface area (TPSA) is 60.4 Å². The summed E-state index contributed by atoms with van der Waals surface area (Å²) in [5, 5.41) is 0.716. The van der Waals surface area contributed by atoms with Crippen molar-refractivity contribution in [3.8, 4) is 0 Å². The molecule has 3 rings (SSSR count). The molecule has 1 aliphatic heterocycles. The van der Waals surface area contributed by atoms with Gasteiger partial charge >= 0.3 is 5.97 Å². The zero-order valence-corrected chi connectivity index (χ0v) is 13.1. The van der Waals surface area contributed by atoms with Gasteiger partial charge in [0.25, 0.3) is 0 Å². The number of esters is 1. The van der Waals surface area contributed by atoms with Gasteiger partial charge < -0.3 is 4.74 Å². The number of hydrogen-bond acceptors (Lipinski definition) is 4. The lowest BCUT2D eigenvalue weighted by molar-refractivity contribution is -0.150. The predicted molar refractivity (Wildman–Crippen MR) is 80.0 cm³/mol. The molecule has 1 aromatic rings. The minimum Gasteiger partial charge on any atom is -0.457 e. The molecule has 0 N–H and O–H groups in total. The van der Waals surface area contributed by atoms with Crippen LogP contribution in [0.3, 0.4) is 0 Å². The van der Waals surface area contributed by atoms with E-state index in [1.807, 2.05) is 18.2 Å². The van der Waals surface area contributed by atoms with E-state index < -0.39 is 9.84 Å². The summed E-state index contributed by atoms with van der Waals surface area (Å²) >= 11 is 6.13. The molecule has 6 heteroatoms. The quantitative estimate of drug-likeness (QED) is 0.800. The number of hydrogen-bond donors (Lipinski definition) is 0. The smallest absolute Gasteiger partial charge is 0.306 e. The normalized spacial score (nSPS) is 26.5. The van der Waals surface area contributed by atoms with E-state index in [1.165, 1.54) is 0 Å². The Kier molecular flexibility index (Phi) is 3.97. The first kappa shape index (κ1) is 14.9. The van der Waals surface area contributed by atoms with Gasteiger partial charge in [-0.05, 0) is 42.4 Å². The van der Waals surface area contributed by atoms with E-state index in [4.69, 9.17) is 16.3 Å². The molecule has 1 aliphatic carbocycles. The molecule has 0 spiro atoms. The third-order valence-electron chi connectivity index (χ3n) is 4.21. The van der Waals surface area contributed by atoms with Crippen molar-refractivity contribution in [3.63, 3.8) is 0 Å². The summed E-state index contributed by atoms with van der Waals surface area (Å²) < 4.78 is 28.3. The third-order valence-corrected chi connectivity index (χ3v) is 6.41. The van der Waals surface area contributed by atoms with Gasteiger partial charge in [-0.25, -0.2) is 8.42 Å². The maximum absolute atomic E-state index is 12.0. The fraction of sp³-hybridized carbons (Fsp3) is 0.533. The van der Waals surface area contributed by atoms with Crippen LogP contribution in [0.25, 0.3) is 0 Å². The van der Waals surface area contributed by atoms with Crippen LogP contribution in [0.5, 0.6) is 0 Å². The second kappa shape index (κ2) is 5.61. The molecule has 4 nitrogen and oxygen atoms in total. The molecule has 1 fully saturated rings. The maximum atomic E-state index is 12.0. The summed E-state index contributed by atoms with van der Waals surface area (Å²) in [4.78, 5) is 12.0. The summed E-state index contributed by atoms with van der Waals surface area (Å²) in [5.74, 6) is -0.111. The highest BCUT2D eigenvalue weighted by atomic mass is 35.5. The van der Waals surface area contributed by atoms with Crippen LogP contribution in [0.1, 0.15) is 36.5 Å². The maximum Gasteiger partial charge on any atom is 0.306 e. The number of benzene rings is 1. The average molecular weight is 329 g/mol. The Morgan fingerprint density at radius 1 is 1.33 bits per heavy atom. The van der Waals surface area contributed by atoms with Gasteiger partial charge in [0.05, 0.1) is 11.5 Å². The average Bonchev–Trinajstić information content (AvgIpc) is 2.95. The number of carbonyl (C=O) groups is 1. The largest absolute Gasteiger partial charge is 0.457 e. The Labute approximate surface area is 129 Å². The molecular weight excluding hydrogens is 312 g/mol. The molecule has 1 aromatic carbocycles. The molecule has 2 aliphatic rings. The number of ether oxygens (including phenoxy) is 1. The molecule has 21 heavy (non-hydrogen) atoms. The molecule has 0 radical (unpaired) electrons. The summed E-state index contributed by atoms with van der Waals surface area (Å²) in [6.45, 7) is 0. The van der Waals surface area contributed by atoms with Crippen LogP contribution in [0.2, 0.25) is 5.02 Å². The highest BCUT2D eigenvalue weighted by Crippen LogP contribution is 2.38. The fourth-order valence-electron chi connectivity index (χ4n) is 3.17. The van der Waals surface area contributed by atoms with Gasteiger partial charge in [-0.2, -0.15) is 0 Å². The molecule has 2 atom stereocenters. The monoisotopic (exact) mass is 328 g/mol. The number of fused-ring (bicyclic) bond motifs is 1. The Morgan fingerprint density at radius 2 is 2.14 bits per heavy atom. The molecule has 0 bridgehead atoms. The van der Waals surface area contributed by atoms with E-state index in [0.29, 0.717) is 11.4 Å². The van der Waals surface area contributed by atoms with Crippen molar-refractivity contribution in [1.82, 2.24) is 0 Å². The van der Waals surface area contributed by atoms with Gasteiger partial charge in [-0.1, -0.05) is 23.7 Å². The van der Waals surface area contributed by atoms with Crippen molar-refractivity contribution >= 4 is 27.4 Å². The molecule has 2 unspecified atom stereocenters. The summed E-state index contributed by atoms with van der Waals surface area (Å²) in [6.07, 6.45) is 2.05. The lowest BCUT2D eigenvalue weighted by atomic mass is 10.1. The first-order chi connectivity index (χ1) is 9.94. The van der Waals surface area contributed by atoms with Crippen molar-refractivity contribution in [2.24, 2.45) is 5.92 Å². The first-order valence-electron chi connectivity index (χ1n) is 7.12. The molecule has 1 heterocycles. The number of rotatable bonds is 3. The molecule has 114 valence electrons. The van der Waals surface area contributed by atoms with Crippen molar-refractivity contribution in [1.29, 1.82) is 0 Å². The lowest BCUT2D eigenvalue weighted by Crippen LogP contribution is -2.15. The highest BCUT2D eigenvalue weighted by Gasteiger charge is 2.32.